The highest BCUT2D eigenvalue weighted by Crippen LogP contribution is 2.27. The largest absolute Gasteiger partial charge is 0.490 e. The summed E-state index contributed by atoms with van der Waals surface area (Å²) in [6.07, 6.45) is 0.998. The van der Waals surface area contributed by atoms with E-state index >= 15 is 0 Å². The highest BCUT2D eigenvalue weighted by molar-refractivity contribution is 7.99. The van der Waals surface area contributed by atoms with Crippen molar-refractivity contribution in [2.45, 2.75) is 18.2 Å². The van der Waals surface area contributed by atoms with Gasteiger partial charge in [-0.1, -0.05) is 37.3 Å². The van der Waals surface area contributed by atoms with Crippen molar-refractivity contribution in [1.82, 2.24) is 0 Å². The molecular formula is C17H20O2S. The van der Waals surface area contributed by atoms with Gasteiger partial charge in [-0.25, -0.2) is 0 Å². The Morgan fingerprint density at radius 2 is 1.40 bits per heavy atom. The van der Waals surface area contributed by atoms with Crippen LogP contribution in [0.2, 0.25) is 0 Å². The molecule has 0 N–H and O–H groups in total. The molecule has 0 aliphatic heterocycles. The van der Waals surface area contributed by atoms with Gasteiger partial charge in [-0.2, -0.15) is 0 Å². The molecule has 0 heterocycles. The topological polar surface area (TPSA) is 18.5 Å². The zero-order valence-corrected chi connectivity index (χ0v) is 12.6. The molecular weight excluding hydrogens is 268 g/mol. The first-order chi connectivity index (χ1) is 9.90. The Morgan fingerprint density at radius 3 is 2.05 bits per heavy atom. The zero-order chi connectivity index (χ0) is 14.0. The fraction of sp³-hybridized carbons (Fsp3) is 0.294. The van der Waals surface area contributed by atoms with Crippen LogP contribution in [0.4, 0.5) is 0 Å². The average molecular weight is 288 g/mol. The highest BCUT2D eigenvalue weighted by atomic mass is 32.2. The molecule has 106 valence electrons. The van der Waals surface area contributed by atoms with Crippen LogP contribution in [0.3, 0.4) is 0 Å². The molecule has 0 unspecified atom stereocenters. The summed E-state index contributed by atoms with van der Waals surface area (Å²) >= 11 is 1.80. The molecule has 0 radical (unpaired) electrons. The van der Waals surface area contributed by atoms with Gasteiger partial charge in [0.1, 0.15) is 0 Å². The fourth-order valence-corrected chi connectivity index (χ4v) is 2.48. The quantitative estimate of drug-likeness (QED) is 0.520. The van der Waals surface area contributed by atoms with Crippen molar-refractivity contribution in [1.29, 1.82) is 0 Å². The van der Waals surface area contributed by atoms with Crippen LogP contribution in [0.15, 0.2) is 59.5 Å². The van der Waals surface area contributed by atoms with Crippen LogP contribution in [0.5, 0.6) is 11.5 Å². The zero-order valence-electron chi connectivity index (χ0n) is 11.7. The minimum Gasteiger partial charge on any atom is -0.490 e. The summed E-state index contributed by atoms with van der Waals surface area (Å²) in [7, 11) is 0. The van der Waals surface area contributed by atoms with E-state index in [-0.39, 0.29) is 0 Å². The van der Waals surface area contributed by atoms with Crippen LogP contribution in [0.25, 0.3) is 0 Å². The lowest BCUT2D eigenvalue weighted by molar-refractivity contribution is 0.278. The van der Waals surface area contributed by atoms with Crippen molar-refractivity contribution in [3.63, 3.8) is 0 Å². The second-order valence-corrected chi connectivity index (χ2v) is 5.47. The number of hydrogen-bond donors (Lipinski definition) is 0. The van der Waals surface area contributed by atoms with Gasteiger partial charge in [0, 0.05) is 10.6 Å². The first kappa shape index (κ1) is 14.8. The Morgan fingerprint density at radius 1 is 0.800 bits per heavy atom. The molecule has 0 fully saturated rings. The lowest BCUT2D eigenvalue weighted by Gasteiger charge is -2.11. The molecule has 0 amide bonds. The number of thioether (sulfide) groups is 1. The molecule has 0 saturated carbocycles. The van der Waals surface area contributed by atoms with Gasteiger partial charge in [-0.15, -0.1) is 11.8 Å². The Bertz CT molecular complexity index is 499. The van der Waals surface area contributed by atoms with Gasteiger partial charge in [0.15, 0.2) is 11.5 Å². The molecule has 0 bridgehead atoms. The standard InChI is InChI=1S/C17H20O2S/c1-2-12-18-16-10-6-7-11-17(16)19-13-14-20-15-8-4-3-5-9-15/h3-11H,2,12-14H2,1H3. The molecule has 0 spiro atoms. The molecule has 2 nitrogen and oxygen atoms in total. The van der Waals surface area contributed by atoms with Gasteiger partial charge in [0.25, 0.3) is 0 Å². The smallest absolute Gasteiger partial charge is 0.161 e. The van der Waals surface area contributed by atoms with E-state index in [1.807, 2.05) is 30.3 Å². The average Bonchev–Trinajstić information content (AvgIpc) is 2.51. The summed E-state index contributed by atoms with van der Waals surface area (Å²) in [5, 5.41) is 0. The van der Waals surface area contributed by atoms with Crippen LogP contribution in [-0.2, 0) is 0 Å². The third-order valence-corrected chi connectivity index (χ3v) is 3.64. The molecule has 2 aromatic rings. The van der Waals surface area contributed by atoms with E-state index in [2.05, 4.69) is 31.2 Å². The number of rotatable bonds is 8. The van der Waals surface area contributed by atoms with E-state index in [4.69, 9.17) is 9.47 Å². The SMILES string of the molecule is CCCOc1ccccc1OCCSc1ccccc1. The second-order valence-electron chi connectivity index (χ2n) is 4.31. The summed E-state index contributed by atoms with van der Waals surface area (Å²) in [5.74, 6) is 2.58. The molecule has 3 heteroatoms. The summed E-state index contributed by atoms with van der Waals surface area (Å²) in [5.41, 5.74) is 0. The van der Waals surface area contributed by atoms with E-state index in [9.17, 15) is 0 Å². The highest BCUT2D eigenvalue weighted by Gasteiger charge is 2.03. The van der Waals surface area contributed by atoms with E-state index in [1.165, 1.54) is 4.90 Å². The molecule has 2 aromatic carbocycles. The van der Waals surface area contributed by atoms with Crippen molar-refractivity contribution < 1.29 is 9.47 Å². The lowest BCUT2D eigenvalue weighted by atomic mass is 10.3. The van der Waals surface area contributed by atoms with E-state index in [1.54, 1.807) is 11.8 Å². The van der Waals surface area contributed by atoms with Crippen LogP contribution < -0.4 is 9.47 Å². The summed E-state index contributed by atoms with van der Waals surface area (Å²) in [6, 6.07) is 18.2. The van der Waals surface area contributed by atoms with Gasteiger partial charge < -0.3 is 9.47 Å². The van der Waals surface area contributed by atoms with Crippen molar-refractivity contribution in [3.8, 4) is 11.5 Å². The maximum Gasteiger partial charge on any atom is 0.161 e. The maximum absolute atomic E-state index is 5.81. The van der Waals surface area contributed by atoms with Gasteiger partial charge in [0.2, 0.25) is 0 Å². The Balaban J connectivity index is 1.79. The Kier molecular flexibility index (Phi) is 6.32. The number of ether oxygens (including phenoxy) is 2. The van der Waals surface area contributed by atoms with Gasteiger partial charge >= 0.3 is 0 Å². The van der Waals surface area contributed by atoms with Crippen molar-refractivity contribution in [2.75, 3.05) is 19.0 Å². The summed E-state index contributed by atoms with van der Waals surface area (Å²) < 4.78 is 11.5. The predicted molar refractivity (Wildman–Crippen MR) is 84.9 cm³/mol. The van der Waals surface area contributed by atoms with Crippen LogP contribution in [0, 0.1) is 0 Å². The fourth-order valence-electron chi connectivity index (χ4n) is 1.73. The molecule has 0 saturated heterocycles. The molecule has 0 aliphatic rings. The molecule has 0 atom stereocenters. The van der Waals surface area contributed by atoms with E-state index in [0.717, 1.165) is 30.3 Å². The molecule has 0 aliphatic carbocycles. The molecule has 2 rings (SSSR count). The Labute approximate surface area is 125 Å². The molecule has 0 aromatic heterocycles. The van der Waals surface area contributed by atoms with E-state index in [0.29, 0.717) is 6.61 Å². The van der Waals surface area contributed by atoms with Crippen LogP contribution >= 0.6 is 11.8 Å². The number of para-hydroxylation sites is 2. The molecule has 20 heavy (non-hydrogen) atoms. The predicted octanol–water partition coefficient (Wildman–Crippen LogP) is 4.65. The minimum absolute atomic E-state index is 0.673. The lowest BCUT2D eigenvalue weighted by Crippen LogP contribution is -2.03. The van der Waals surface area contributed by atoms with Crippen LogP contribution in [-0.4, -0.2) is 19.0 Å². The van der Waals surface area contributed by atoms with Crippen molar-refractivity contribution in [3.05, 3.63) is 54.6 Å². The summed E-state index contributed by atoms with van der Waals surface area (Å²) in [4.78, 5) is 1.27. The van der Waals surface area contributed by atoms with Crippen molar-refractivity contribution in [2.24, 2.45) is 0 Å². The first-order valence-electron chi connectivity index (χ1n) is 6.92. The normalized spacial score (nSPS) is 10.2. The van der Waals surface area contributed by atoms with Gasteiger partial charge in [-0.3, -0.25) is 0 Å². The van der Waals surface area contributed by atoms with E-state index < -0.39 is 0 Å². The van der Waals surface area contributed by atoms with Gasteiger partial charge in [0.05, 0.1) is 13.2 Å². The van der Waals surface area contributed by atoms with Crippen molar-refractivity contribution >= 4 is 11.8 Å². The third-order valence-electron chi connectivity index (χ3n) is 2.66. The third kappa shape index (κ3) is 4.82. The maximum atomic E-state index is 5.81. The Hall–Kier alpha value is -1.61. The minimum atomic E-state index is 0.673. The number of hydrogen-bond acceptors (Lipinski definition) is 3. The summed E-state index contributed by atoms with van der Waals surface area (Å²) in [6.45, 7) is 3.49. The monoisotopic (exact) mass is 288 g/mol. The first-order valence-corrected chi connectivity index (χ1v) is 7.91. The van der Waals surface area contributed by atoms with Gasteiger partial charge in [-0.05, 0) is 30.7 Å². The van der Waals surface area contributed by atoms with Crippen LogP contribution in [0.1, 0.15) is 13.3 Å². The number of benzene rings is 2. The second kappa shape index (κ2) is 8.54.